The Hall–Kier alpha value is -1.36. The molecule has 0 aromatic rings. The first kappa shape index (κ1) is 18.7. The highest BCUT2D eigenvalue weighted by atomic mass is 16.6. The number of rotatable bonds is 6. The summed E-state index contributed by atoms with van der Waals surface area (Å²) in [5.74, 6) is -0.442. The highest BCUT2D eigenvalue weighted by Gasteiger charge is 2.60. The molecule has 0 saturated carbocycles. The molecule has 0 amide bonds. The number of hydrogen-bond acceptors (Lipinski definition) is 5. The molecule has 0 bridgehead atoms. The number of carbonyl (C=O) groups excluding carboxylic acids is 2. The summed E-state index contributed by atoms with van der Waals surface area (Å²) in [5.41, 5.74) is -1.15. The molecule has 1 saturated heterocycles. The van der Waals surface area contributed by atoms with Gasteiger partial charge in [-0.05, 0) is 24.3 Å². The molecule has 0 N–H and O–H groups in total. The van der Waals surface area contributed by atoms with Crippen molar-refractivity contribution < 1.29 is 23.8 Å². The number of carbonyl (C=O) groups is 2. The summed E-state index contributed by atoms with van der Waals surface area (Å²) in [7, 11) is 0. The molecule has 0 aliphatic carbocycles. The van der Waals surface area contributed by atoms with Gasteiger partial charge in [-0.15, -0.1) is 0 Å². The predicted molar refractivity (Wildman–Crippen MR) is 83.2 cm³/mol. The van der Waals surface area contributed by atoms with Crippen LogP contribution in [-0.2, 0) is 23.8 Å². The molecule has 0 unspecified atom stereocenters. The maximum Gasteiger partial charge on any atom is 0.303 e. The van der Waals surface area contributed by atoms with E-state index in [2.05, 4.69) is 20.4 Å². The molecular formula is C17H28O5. The molecule has 1 rings (SSSR count). The summed E-state index contributed by atoms with van der Waals surface area (Å²) in [5, 5.41) is 0. The van der Waals surface area contributed by atoms with Crippen LogP contribution in [0, 0.1) is 11.8 Å². The zero-order chi connectivity index (χ0) is 17.1. The van der Waals surface area contributed by atoms with Gasteiger partial charge in [-0.2, -0.15) is 0 Å². The summed E-state index contributed by atoms with van der Waals surface area (Å²) < 4.78 is 17.2. The van der Waals surface area contributed by atoms with E-state index in [1.54, 1.807) is 6.08 Å². The van der Waals surface area contributed by atoms with Gasteiger partial charge in [0.05, 0.1) is 6.10 Å². The van der Waals surface area contributed by atoms with Crippen LogP contribution in [0.2, 0.25) is 0 Å². The quantitative estimate of drug-likeness (QED) is 0.557. The Balaban J connectivity index is 3.29. The summed E-state index contributed by atoms with van der Waals surface area (Å²) in [6, 6.07) is 0. The van der Waals surface area contributed by atoms with Crippen molar-refractivity contribution in [3.63, 3.8) is 0 Å². The normalized spacial score (nSPS) is 31.4. The lowest BCUT2D eigenvalue weighted by Gasteiger charge is -2.36. The highest BCUT2D eigenvalue weighted by Crippen LogP contribution is 2.43. The molecular weight excluding hydrogens is 284 g/mol. The third-order valence-electron chi connectivity index (χ3n) is 3.79. The van der Waals surface area contributed by atoms with Crippen LogP contribution in [0.3, 0.4) is 0 Å². The first-order chi connectivity index (χ1) is 10.1. The van der Waals surface area contributed by atoms with E-state index in [0.29, 0.717) is 12.3 Å². The van der Waals surface area contributed by atoms with E-state index in [4.69, 9.17) is 14.2 Å². The van der Waals surface area contributed by atoms with E-state index in [1.807, 2.05) is 13.8 Å². The smallest absolute Gasteiger partial charge is 0.303 e. The Morgan fingerprint density at radius 3 is 2.18 bits per heavy atom. The maximum absolute atomic E-state index is 11.6. The van der Waals surface area contributed by atoms with Crippen molar-refractivity contribution in [2.24, 2.45) is 11.8 Å². The minimum absolute atomic E-state index is 0.0765. The Labute approximate surface area is 133 Å². The molecule has 1 aliphatic rings. The zero-order valence-electron chi connectivity index (χ0n) is 14.4. The lowest BCUT2D eigenvalue weighted by Crippen LogP contribution is -2.53. The van der Waals surface area contributed by atoms with Gasteiger partial charge >= 0.3 is 11.9 Å². The van der Waals surface area contributed by atoms with Crippen molar-refractivity contribution >= 4 is 11.9 Å². The summed E-state index contributed by atoms with van der Waals surface area (Å²) in [4.78, 5) is 23.2. The van der Waals surface area contributed by atoms with Gasteiger partial charge in [0.25, 0.3) is 0 Å². The monoisotopic (exact) mass is 312 g/mol. The second-order valence-electron chi connectivity index (χ2n) is 6.65. The van der Waals surface area contributed by atoms with Crippen LogP contribution in [0.1, 0.15) is 48.0 Å². The highest BCUT2D eigenvalue weighted by molar-refractivity contribution is 5.68. The van der Waals surface area contributed by atoms with Gasteiger partial charge in [-0.25, -0.2) is 0 Å². The van der Waals surface area contributed by atoms with Crippen LogP contribution in [-0.4, -0.2) is 35.9 Å². The number of hydrogen-bond donors (Lipinski definition) is 0. The van der Waals surface area contributed by atoms with E-state index >= 15 is 0 Å². The molecule has 1 aliphatic heterocycles. The minimum atomic E-state index is -1.15. The van der Waals surface area contributed by atoms with Crippen LogP contribution in [0.15, 0.2) is 12.7 Å². The molecule has 4 atom stereocenters. The lowest BCUT2D eigenvalue weighted by atomic mass is 9.83. The molecule has 0 aromatic carbocycles. The average molecular weight is 312 g/mol. The molecule has 0 aromatic heterocycles. The third-order valence-corrected chi connectivity index (χ3v) is 3.79. The largest absolute Gasteiger partial charge is 0.455 e. The molecule has 5 heteroatoms. The minimum Gasteiger partial charge on any atom is -0.455 e. The van der Waals surface area contributed by atoms with Gasteiger partial charge in [0.2, 0.25) is 0 Å². The predicted octanol–water partition coefficient (Wildman–Crippen LogP) is 2.88. The lowest BCUT2D eigenvalue weighted by molar-refractivity contribution is -0.176. The van der Waals surface area contributed by atoms with Crippen LogP contribution in [0.25, 0.3) is 0 Å². The number of esters is 2. The van der Waals surface area contributed by atoms with Crippen LogP contribution in [0.5, 0.6) is 0 Å². The van der Waals surface area contributed by atoms with Crippen molar-refractivity contribution in [1.29, 1.82) is 0 Å². The van der Waals surface area contributed by atoms with Gasteiger partial charge in [0, 0.05) is 13.8 Å². The molecule has 126 valence electrons. The standard InChI is InChI=1S/C17H28O5/c1-8-17(22-13(7)19)15(11(4)5)21-14(9-10(2)3)16(17)20-12(6)18/h8,10-11,14-16H,1,9H2,2-7H3/t14-,15+,16-,17+/m1/s1. The van der Waals surface area contributed by atoms with Crippen LogP contribution >= 0.6 is 0 Å². The Morgan fingerprint density at radius 1 is 1.23 bits per heavy atom. The summed E-state index contributed by atoms with van der Waals surface area (Å²) in [6.07, 6.45) is 0.849. The second kappa shape index (κ2) is 7.27. The molecule has 1 fully saturated rings. The zero-order valence-corrected chi connectivity index (χ0v) is 14.4. The fourth-order valence-corrected chi connectivity index (χ4v) is 3.13. The molecule has 0 spiro atoms. The van der Waals surface area contributed by atoms with Crippen molar-refractivity contribution in [3.05, 3.63) is 12.7 Å². The van der Waals surface area contributed by atoms with Gasteiger partial charge in [0.15, 0.2) is 11.7 Å². The van der Waals surface area contributed by atoms with Gasteiger partial charge < -0.3 is 14.2 Å². The second-order valence-corrected chi connectivity index (χ2v) is 6.65. The molecule has 22 heavy (non-hydrogen) atoms. The molecule has 1 heterocycles. The van der Waals surface area contributed by atoms with Gasteiger partial charge in [0.1, 0.15) is 6.10 Å². The SMILES string of the molecule is C=C[C@@]1(OC(C)=O)[C@H](OC(C)=O)[C@@H](CC(C)C)O[C@H]1C(C)C. The first-order valence-corrected chi connectivity index (χ1v) is 7.79. The Kier molecular flexibility index (Phi) is 6.17. The van der Waals surface area contributed by atoms with Crippen molar-refractivity contribution in [2.45, 2.75) is 71.9 Å². The maximum atomic E-state index is 11.6. The molecule has 5 nitrogen and oxygen atoms in total. The van der Waals surface area contributed by atoms with E-state index in [1.165, 1.54) is 13.8 Å². The Morgan fingerprint density at radius 2 is 1.82 bits per heavy atom. The third kappa shape index (κ3) is 3.88. The topological polar surface area (TPSA) is 61.8 Å². The van der Waals surface area contributed by atoms with E-state index in [-0.39, 0.29) is 12.0 Å². The summed E-state index contributed by atoms with van der Waals surface area (Å²) in [6.45, 7) is 14.6. The van der Waals surface area contributed by atoms with Crippen LogP contribution < -0.4 is 0 Å². The summed E-state index contributed by atoms with van der Waals surface area (Å²) >= 11 is 0. The van der Waals surface area contributed by atoms with E-state index < -0.39 is 29.7 Å². The van der Waals surface area contributed by atoms with E-state index in [9.17, 15) is 9.59 Å². The fraction of sp³-hybridized carbons (Fsp3) is 0.765. The van der Waals surface area contributed by atoms with Crippen molar-refractivity contribution in [2.75, 3.05) is 0 Å². The van der Waals surface area contributed by atoms with Gasteiger partial charge in [-0.1, -0.05) is 34.3 Å². The number of ether oxygens (including phenoxy) is 3. The van der Waals surface area contributed by atoms with Crippen molar-refractivity contribution in [1.82, 2.24) is 0 Å². The van der Waals surface area contributed by atoms with Gasteiger partial charge in [-0.3, -0.25) is 9.59 Å². The molecule has 0 radical (unpaired) electrons. The van der Waals surface area contributed by atoms with E-state index in [0.717, 1.165) is 0 Å². The van der Waals surface area contributed by atoms with Crippen molar-refractivity contribution in [3.8, 4) is 0 Å². The first-order valence-electron chi connectivity index (χ1n) is 7.79. The Bertz CT molecular complexity index is 429. The average Bonchev–Trinajstić information content (AvgIpc) is 2.63. The van der Waals surface area contributed by atoms with Crippen LogP contribution in [0.4, 0.5) is 0 Å². The fourth-order valence-electron chi connectivity index (χ4n) is 3.13.